The van der Waals surface area contributed by atoms with Crippen molar-refractivity contribution in [3.63, 3.8) is 0 Å². The molecular formula is C30H28N4O5S2. The molecule has 4 aromatic rings. The molecule has 0 bridgehead atoms. The summed E-state index contributed by atoms with van der Waals surface area (Å²) in [7, 11) is -1.81. The summed E-state index contributed by atoms with van der Waals surface area (Å²) in [5, 5.41) is 6.32. The van der Waals surface area contributed by atoms with E-state index < -0.39 is 21.7 Å². The number of aromatic nitrogens is 1. The number of nitrogens with zero attached hydrogens (tertiary/aromatic N) is 2. The van der Waals surface area contributed by atoms with Crippen LogP contribution >= 0.6 is 11.3 Å². The third-order valence-electron chi connectivity index (χ3n) is 7.39. The van der Waals surface area contributed by atoms with Gasteiger partial charge in [-0.25, -0.2) is 13.4 Å². The Hall–Kier alpha value is -4.06. The largest absolute Gasteiger partial charge is 0.492 e. The lowest BCUT2D eigenvalue weighted by atomic mass is 10.1. The van der Waals surface area contributed by atoms with E-state index in [9.17, 15) is 18.0 Å². The van der Waals surface area contributed by atoms with Crippen molar-refractivity contribution in [3.8, 4) is 16.3 Å². The second kappa shape index (κ2) is 11.1. The first-order valence-electron chi connectivity index (χ1n) is 13.3. The van der Waals surface area contributed by atoms with Crippen LogP contribution in [0.4, 0.5) is 5.69 Å². The van der Waals surface area contributed by atoms with E-state index in [0.29, 0.717) is 12.6 Å². The van der Waals surface area contributed by atoms with Crippen molar-refractivity contribution in [2.75, 3.05) is 25.5 Å². The van der Waals surface area contributed by atoms with E-state index in [-0.39, 0.29) is 33.2 Å². The van der Waals surface area contributed by atoms with Crippen LogP contribution in [0.1, 0.15) is 38.4 Å². The SMILES string of the molecule is CN1CCC[C@H]1COc1ccc(-c2ncc(CNC(=O)c3ccc4c(c3)NC(=O)c3ccccc3S4(=O)=O)s2)cc1. The van der Waals surface area contributed by atoms with E-state index in [1.165, 1.54) is 48.1 Å². The van der Waals surface area contributed by atoms with Crippen molar-refractivity contribution in [1.82, 2.24) is 15.2 Å². The first-order chi connectivity index (χ1) is 19.8. The number of anilines is 1. The summed E-state index contributed by atoms with van der Waals surface area (Å²) in [4.78, 5) is 33.2. The number of hydrogen-bond donors (Lipinski definition) is 2. The zero-order valence-corrected chi connectivity index (χ0v) is 23.9. The van der Waals surface area contributed by atoms with Crippen molar-refractivity contribution in [2.45, 2.75) is 35.2 Å². The van der Waals surface area contributed by atoms with Gasteiger partial charge >= 0.3 is 0 Å². The normalized spacial score (nSPS) is 17.7. The molecule has 1 aromatic heterocycles. The number of benzene rings is 3. The number of thiazole rings is 1. The van der Waals surface area contributed by atoms with Gasteiger partial charge in [0.2, 0.25) is 9.84 Å². The first-order valence-corrected chi connectivity index (χ1v) is 15.6. The molecule has 11 heteroatoms. The molecule has 9 nitrogen and oxygen atoms in total. The minimum Gasteiger partial charge on any atom is -0.492 e. The molecular weight excluding hydrogens is 560 g/mol. The average molecular weight is 589 g/mol. The highest BCUT2D eigenvalue weighted by molar-refractivity contribution is 7.91. The number of fused-ring (bicyclic) bond motifs is 2. The molecule has 2 N–H and O–H groups in total. The number of ether oxygens (including phenoxy) is 1. The predicted octanol–water partition coefficient (Wildman–Crippen LogP) is 4.61. The van der Waals surface area contributed by atoms with Crippen LogP contribution in [0.5, 0.6) is 5.75 Å². The zero-order valence-electron chi connectivity index (χ0n) is 22.3. The number of likely N-dealkylation sites (tertiary alicyclic amines) is 1. The molecule has 0 radical (unpaired) electrons. The van der Waals surface area contributed by atoms with Crippen molar-refractivity contribution in [2.24, 2.45) is 0 Å². The number of carbonyl (C=O) groups excluding carboxylic acids is 2. The van der Waals surface area contributed by atoms with Crippen molar-refractivity contribution in [3.05, 3.63) is 88.9 Å². The average Bonchev–Trinajstić information content (AvgIpc) is 3.62. The van der Waals surface area contributed by atoms with Gasteiger partial charge in [0.15, 0.2) is 0 Å². The lowest BCUT2D eigenvalue weighted by molar-refractivity contribution is 0.0949. The number of nitrogens with one attached hydrogen (secondary N) is 2. The smallest absolute Gasteiger partial charge is 0.257 e. The van der Waals surface area contributed by atoms with Crippen LogP contribution in [0.25, 0.3) is 10.6 Å². The molecule has 0 spiro atoms. The number of sulfone groups is 1. The Morgan fingerprint density at radius 1 is 1.12 bits per heavy atom. The maximum atomic E-state index is 13.2. The van der Waals surface area contributed by atoms with E-state index in [4.69, 9.17) is 4.74 Å². The van der Waals surface area contributed by atoms with Crippen LogP contribution in [0.2, 0.25) is 0 Å². The van der Waals surface area contributed by atoms with Gasteiger partial charge < -0.3 is 20.3 Å². The fraction of sp³-hybridized carbons (Fsp3) is 0.233. The fourth-order valence-electron chi connectivity index (χ4n) is 5.07. The minimum atomic E-state index is -3.94. The third kappa shape index (κ3) is 5.48. The van der Waals surface area contributed by atoms with E-state index >= 15 is 0 Å². The lowest BCUT2D eigenvalue weighted by Crippen LogP contribution is -2.30. The van der Waals surface area contributed by atoms with Gasteiger partial charge in [0.1, 0.15) is 17.4 Å². The van der Waals surface area contributed by atoms with Gasteiger partial charge in [-0.15, -0.1) is 11.3 Å². The summed E-state index contributed by atoms with van der Waals surface area (Å²) in [5.74, 6) is -0.115. The fourth-order valence-corrected chi connectivity index (χ4v) is 7.52. The van der Waals surface area contributed by atoms with Gasteiger partial charge in [-0.3, -0.25) is 9.59 Å². The van der Waals surface area contributed by atoms with Crippen LogP contribution in [0.15, 0.2) is 82.7 Å². The van der Waals surface area contributed by atoms with E-state index in [0.717, 1.165) is 34.2 Å². The number of likely N-dealkylation sites (N-methyl/N-ethyl adjacent to an activating group) is 1. The van der Waals surface area contributed by atoms with Gasteiger partial charge in [-0.1, -0.05) is 12.1 Å². The Kier molecular flexibility index (Phi) is 7.33. The molecule has 6 rings (SSSR count). The monoisotopic (exact) mass is 588 g/mol. The highest BCUT2D eigenvalue weighted by Crippen LogP contribution is 2.34. The Balaban J connectivity index is 1.10. The van der Waals surface area contributed by atoms with Crippen LogP contribution < -0.4 is 15.4 Å². The molecule has 0 unspecified atom stereocenters. The molecule has 41 heavy (non-hydrogen) atoms. The minimum absolute atomic E-state index is 0.0539. The molecule has 3 aromatic carbocycles. The van der Waals surface area contributed by atoms with Crippen LogP contribution in [-0.2, 0) is 16.4 Å². The van der Waals surface area contributed by atoms with Gasteiger partial charge in [0.25, 0.3) is 11.8 Å². The standard InChI is InChI=1S/C30H28N4O5S2/c1-34-14-4-5-21(34)18-39-22-11-8-19(9-12-22)30-32-17-23(40-30)16-31-28(35)20-10-13-27-25(15-20)33-29(36)24-6-2-3-7-26(24)41(27,37)38/h2-3,6-13,15,17,21H,4-5,14,16,18H2,1H3,(H,31,35)(H,33,36)/t21-/m0/s1. The van der Waals surface area contributed by atoms with E-state index in [1.807, 2.05) is 24.3 Å². The summed E-state index contributed by atoms with van der Waals surface area (Å²) in [6.45, 7) is 2.04. The lowest BCUT2D eigenvalue weighted by Gasteiger charge is -2.19. The van der Waals surface area contributed by atoms with E-state index in [2.05, 4.69) is 27.6 Å². The number of amides is 2. The Bertz CT molecular complexity index is 1730. The second-order valence-corrected chi connectivity index (χ2v) is 13.1. The molecule has 0 aliphatic carbocycles. The molecule has 3 heterocycles. The molecule has 210 valence electrons. The molecule has 1 atom stereocenters. The number of carbonyl (C=O) groups is 2. The summed E-state index contributed by atoms with van der Waals surface area (Å²) >= 11 is 1.47. The number of hydrogen-bond acceptors (Lipinski definition) is 8. The molecule has 1 saturated heterocycles. The maximum absolute atomic E-state index is 13.2. The molecule has 2 aliphatic heterocycles. The maximum Gasteiger partial charge on any atom is 0.257 e. The molecule has 2 aliphatic rings. The Labute approximate surface area is 242 Å². The molecule has 0 saturated carbocycles. The van der Waals surface area contributed by atoms with Gasteiger partial charge in [-0.2, -0.15) is 0 Å². The second-order valence-electron chi connectivity index (χ2n) is 10.1. The molecule has 2 amide bonds. The Morgan fingerprint density at radius 2 is 1.93 bits per heavy atom. The summed E-state index contributed by atoms with van der Waals surface area (Å²) in [6.07, 6.45) is 4.09. The van der Waals surface area contributed by atoms with Crippen molar-refractivity contribution in [1.29, 1.82) is 0 Å². The summed E-state index contributed by atoms with van der Waals surface area (Å²) < 4.78 is 32.3. The van der Waals surface area contributed by atoms with Crippen molar-refractivity contribution < 1.29 is 22.7 Å². The highest BCUT2D eigenvalue weighted by Gasteiger charge is 2.31. The van der Waals surface area contributed by atoms with E-state index in [1.54, 1.807) is 18.3 Å². The van der Waals surface area contributed by atoms with Crippen LogP contribution in [-0.4, -0.2) is 56.4 Å². The first kappa shape index (κ1) is 27.1. The summed E-state index contributed by atoms with van der Waals surface area (Å²) in [5.41, 5.74) is 1.33. The highest BCUT2D eigenvalue weighted by atomic mass is 32.2. The third-order valence-corrected chi connectivity index (χ3v) is 10.3. The van der Waals surface area contributed by atoms with Crippen LogP contribution in [0.3, 0.4) is 0 Å². The van der Waals surface area contributed by atoms with Gasteiger partial charge in [0.05, 0.1) is 27.6 Å². The quantitative estimate of drug-likeness (QED) is 0.324. The van der Waals surface area contributed by atoms with Gasteiger partial charge in [0, 0.05) is 28.2 Å². The van der Waals surface area contributed by atoms with Crippen molar-refractivity contribution >= 4 is 38.7 Å². The molecule has 1 fully saturated rings. The zero-order chi connectivity index (χ0) is 28.6. The van der Waals surface area contributed by atoms with Gasteiger partial charge in [-0.05, 0) is 81.0 Å². The topological polar surface area (TPSA) is 118 Å². The Morgan fingerprint density at radius 3 is 2.71 bits per heavy atom. The van der Waals surface area contributed by atoms with Crippen LogP contribution in [0, 0.1) is 0 Å². The predicted molar refractivity (Wildman–Crippen MR) is 156 cm³/mol. The summed E-state index contributed by atoms with van der Waals surface area (Å²) in [6, 6.07) is 18.5. The number of rotatable bonds is 7.